The zero-order valence-electron chi connectivity index (χ0n) is 19.6. The highest BCUT2D eigenvalue weighted by Gasteiger charge is 2.30. The quantitative estimate of drug-likeness (QED) is 0.660. The van der Waals surface area contributed by atoms with Crippen molar-refractivity contribution in [2.24, 2.45) is 5.92 Å². The maximum absolute atomic E-state index is 13.0. The molecule has 2 aliphatic heterocycles. The number of likely N-dealkylation sites (tertiary alicyclic amines) is 2. The lowest BCUT2D eigenvalue weighted by molar-refractivity contribution is -0.122. The molecule has 32 heavy (non-hydrogen) atoms. The number of benzene rings is 1. The van der Waals surface area contributed by atoms with E-state index in [0.717, 1.165) is 31.8 Å². The molecule has 7 nitrogen and oxygen atoms in total. The lowest BCUT2D eigenvalue weighted by Gasteiger charge is -2.41. The molecule has 0 aliphatic carbocycles. The maximum atomic E-state index is 13.0. The zero-order valence-corrected chi connectivity index (χ0v) is 20.3. The van der Waals surface area contributed by atoms with Gasteiger partial charge in [-0.3, -0.25) is 19.3 Å². The number of piperidine rings is 2. The van der Waals surface area contributed by atoms with E-state index in [0.29, 0.717) is 22.2 Å². The van der Waals surface area contributed by atoms with Gasteiger partial charge in [0.1, 0.15) is 0 Å². The van der Waals surface area contributed by atoms with E-state index in [4.69, 9.17) is 21.5 Å². The summed E-state index contributed by atoms with van der Waals surface area (Å²) >= 11 is 6.39. The highest BCUT2D eigenvalue weighted by atomic mass is 35.5. The van der Waals surface area contributed by atoms with Crippen LogP contribution < -0.4 is 5.32 Å². The maximum Gasteiger partial charge on any atom is 0.290 e. The van der Waals surface area contributed by atoms with Crippen molar-refractivity contribution in [1.82, 2.24) is 15.1 Å². The standard InChI is InChI=1S/C23H34ClN3O2.CH2O2/c1-16-6-5-11-27(15-16)18-9-12-26(13-10-18)22(29)19-8-7-17(14-20(19)24)21(28)25-23(2,3)4;2-1-3/h7-8,14,16,18H,5-6,9-13,15H2,1-4H3,(H,25,28);1H,(H,2,3)/t16-;/m1./s1. The third-order valence-corrected chi connectivity index (χ3v) is 6.22. The van der Waals surface area contributed by atoms with Gasteiger partial charge in [-0.15, -0.1) is 0 Å². The van der Waals surface area contributed by atoms with Gasteiger partial charge in [-0.25, -0.2) is 0 Å². The molecule has 178 valence electrons. The number of carboxylic acid groups (broad SMARTS) is 1. The Balaban J connectivity index is 0.00000114. The minimum absolute atomic E-state index is 0.0387. The van der Waals surface area contributed by atoms with E-state index < -0.39 is 0 Å². The van der Waals surface area contributed by atoms with Gasteiger partial charge in [0.2, 0.25) is 0 Å². The number of hydrogen-bond donors (Lipinski definition) is 2. The fourth-order valence-electron chi connectivity index (χ4n) is 4.40. The van der Waals surface area contributed by atoms with E-state index >= 15 is 0 Å². The molecule has 2 heterocycles. The molecule has 2 N–H and O–H groups in total. The van der Waals surface area contributed by atoms with Crippen molar-refractivity contribution in [3.05, 3.63) is 34.3 Å². The van der Waals surface area contributed by atoms with Crippen LogP contribution >= 0.6 is 11.6 Å². The third kappa shape index (κ3) is 7.48. The minimum atomic E-state index is -0.325. The van der Waals surface area contributed by atoms with E-state index in [9.17, 15) is 9.59 Å². The van der Waals surface area contributed by atoms with Crippen LogP contribution in [0.4, 0.5) is 0 Å². The summed E-state index contributed by atoms with van der Waals surface area (Å²) < 4.78 is 0. The Morgan fingerprint density at radius 1 is 1.16 bits per heavy atom. The van der Waals surface area contributed by atoms with Gasteiger partial charge in [-0.1, -0.05) is 18.5 Å². The first-order chi connectivity index (χ1) is 15.1. The highest BCUT2D eigenvalue weighted by Crippen LogP contribution is 2.26. The molecule has 1 aromatic carbocycles. The summed E-state index contributed by atoms with van der Waals surface area (Å²) in [5.41, 5.74) is 0.623. The second kappa shape index (κ2) is 11.7. The van der Waals surface area contributed by atoms with Crippen LogP contribution in [0.1, 0.15) is 74.1 Å². The van der Waals surface area contributed by atoms with Crippen LogP contribution in [-0.4, -0.2) is 71.0 Å². The molecule has 1 aromatic rings. The number of nitrogens with zero attached hydrogens (tertiary/aromatic N) is 2. The van der Waals surface area contributed by atoms with Crippen molar-refractivity contribution in [2.45, 2.75) is 65.0 Å². The van der Waals surface area contributed by atoms with Crippen molar-refractivity contribution < 1.29 is 19.5 Å². The van der Waals surface area contributed by atoms with Crippen LogP contribution in [0.5, 0.6) is 0 Å². The van der Waals surface area contributed by atoms with E-state index in [-0.39, 0.29) is 23.8 Å². The van der Waals surface area contributed by atoms with Crippen molar-refractivity contribution in [2.75, 3.05) is 26.2 Å². The Kier molecular flexibility index (Phi) is 9.52. The average Bonchev–Trinajstić information content (AvgIpc) is 2.73. The van der Waals surface area contributed by atoms with E-state index in [1.165, 1.54) is 25.9 Å². The Morgan fingerprint density at radius 3 is 2.31 bits per heavy atom. The molecule has 0 radical (unpaired) electrons. The molecular formula is C24H36ClN3O4. The highest BCUT2D eigenvalue weighted by molar-refractivity contribution is 6.34. The normalized spacial score (nSPS) is 20.2. The fourth-order valence-corrected chi connectivity index (χ4v) is 4.67. The van der Waals surface area contributed by atoms with Crippen LogP contribution in [0.2, 0.25) is 5.02 Å². The molecule has 8 heteroatoms. The summed E-state index contributed by atoms with van der Waals surface area (Å²) in [6.07, 6.45) is 4.64. The average molecular weight is 466 g/mol. The number of halogens is 1. The van der Waals surface area contributed by atoms with Crippen molar-refractivity contribution >= 4 is 29.9 Å². The van der Waals surface area contributed by atoms with Crippen molar-refractivity contribution in [3.63, 3.8) is 0 Å². The van der Waals surface area contributed by atoms with Crippen molar-refractivity contribution in [3.8, 4) is 0 Å². The Labute approximate surface area is 196 Å². The summed E-state index contributed by atoms with van der Waals surface area (Å²) in [4.78, 5) is 38.2. The van der Waals surface area contributed by atoms with E-state index in [1.807, 2.05) is 25.7 Å². The molecule has 2 amide bonds. The van der Waals surface area contributed by atoms with Crippen LogP contribution in [0.3, 0.4) is 0 Å². The predicted molar refractivity (Wildman–Crippen MR) is 126 cm³/mol. The number of nitrogens with one attached hydrogen (secondary N) is 1. The monoisotopic (exact) mass is 465 g/mol. The van der Waals surface area contributed by atoms with Gasteiger partial charge < -0.3 is 15.3 Å². The van der Waals surface area contributed by atoms with Gasteiger partial charge in [-0.2, -0.15) is 0 Å². The summed E-state index contributed by atoms with van der Waals surface area (Å²) in [6, 6.07) is 5.54. The van der Waals surface area contributed by atoms with Crippen LogP contribution in [0.15, 0.2) is 18.2 Å². The summed E-state index contributed by atoms with van der Waals surface area (Å²) in [5, 5.41) is 10.1. The molecule has 2 aliphatic rings. The summed E-state index contributed by atoms with van der Waals surface area (Å²) in [6.45, 7) is 11.8. The second-order valence-electron chi connectivity index (χ2n) is 9.77. The molecule has 0 bridgehead atoms. The molecule has 2 saturated heterocycles. The minimum Gasteiger partial charge on any atom is -0.483 e. The van der Waals surface area contributed by atoms with E-state index in [2.05, 4.69) is 17.1 Å². The zero-order chi connectivity index (χ0) is 23.9. The number of amides is 2. The van der Waals surface area contributed by atoms with E-state index in [1.54, 1.807) is 18.2 Å². The molecule has 0 aromatic heterocycles. The van der Waals surface area contributed by atoms with Gasteiger partial charge in [0.25, 0.3) is 18.3 Å². The van der Waals surface area contributed by atoms with Gasteiger partial charge in [0.15, 0.2) is 0 Å². The topological polar surface area (TPSA) is 90.0 Å². The van der Waals surface area contributed by atoms with Gasteiger partial charge in [0, 0.05) is 36.8 Å². The predicted octanol–water partition coefficient (Wildman–Crippen LogP) is 3.91. The molecule has 0 saturated carbocycles. The number of carbonyl (C=O) groups is 3. The fraction of sp³-hybridized carbons (Fsp3) is 0.625. The SMILES string of the molecule is C[C@@H]1CCCN(C2CCN(C(=O)c3ccc(C(=O)NC(C)(C)C)cc3Cl)CC2)C1.O=CO. The lowest BCUT2D eigenvalue weighted by Crippen LogP contribution is -2.49. The van der Waals surface area contributed by atoms with Gasteiger partial charge in [0.05, 0.1) is 10.6 Å². The number of hydrogen-bond acceptors (Lipinski definition) is 4. The first-order valence-electron chi connectivity index (χ1n) is 11.3. The lowest BCUT2D eigenvalue weighted by atomic mass is 9.95. The van der Waals surface area contributed by atoms with Crippen molar-refractivity contribution in [1.29, 1.82) is 0 Å². The first-order valence-corrected chi connectivity index (χ1v) is 11.7. The Hall–Kier alpha value is -2.12. The van der Waals surface area contributed by atoms with Crippen LogP contribution in [-0.2, 0) is 4.79 Å². The Bertz CT molecular complexity index is 801. The smallest absolute Gasteiger partial charge is 0.290 e. The molecular weight excluding hydrogens is 430 g/mol. The summed E-state index contributed by atoms with van der Waals surface area (Å²) in [5.74, 6) is 0.550. The molecule has 2 fully saturated rings. The molecule has 0 unspecified atom stereocenters. The number of rotatable bonds is 3. The molecule has 1 atom stereocenters. The summed E-state index contributed by atoms with van der Waals surface area (Å²) in [7, 11) is 0. The van der Waals surface area contributed by atoms with Gasteiger partial charge >= 0.3 is 0 Å². The Morgan fingerprint density at radius 2 is 1.78 bits per heavy atom. The van der Waals surface area contributed by atoms with Crippen LogP contribution in [0, 0.1) is 5.92 Å². The number of carbonyl (C=O) groups excluding carboxylic acids is 2. The van der Waals surface area contributed by atoms with Crippen LogP contribution in [0.25, 0.3) is 0 Å². The third-order valence-electron chi connectivity index (χ3n) is 5.91. The second-order valence-corrected chi connectivity index (χ2v) is 10.2. The molecule has 3 rings (SSSR count). The molecule has 0 spiro atoms. The first kappa shape index (κ1) is 26.1. The van der Waals surface area contributed by atoms with Gasteiger partial charge in [-0.05, 0) is 77.1 Å². The largest absolute Gasteiger partial charge is 0.483 e.